The minimum Gasteiger partial charge on any atom is -0.398 e. The zero-order valence-corrected chi connectivity index (χ0v) is 14.5. The fourth-order valence-electron chi connectivity index (χ4n) is 1.54. The normalized spacial score (nSPS) is 10.8. The van der Waals surface area contributed by atoms with Crippen LogP contribution in [-0.4, -0.2) is 12.8 Å². The van der Waals surface area contributed by atoms with Gasteiger partial charge in [-0.3, -0.25) is 10.1 Å². The van der Waals surface area contributed by atoms with Gasteiger partial charge < -0.3 is 5.73 Å². The first-order valence-corrected chi connectivity index (χ1v) is 7.52. The summed E-state index contributed by atoms with van der Waals surface area (Å²) >= 11 is 0. The summed E-state index contributed by atoms with van der Waals surface area (Å²) in [5, 5.41) is 10.9. The molecule has 1 aromatic rings. The minimum atomic E-state index is -0.425. The number of nitro groups is 1. The van der Waals surface area contributed by atoms with Gasteiger partial charge in [-0.05, 0) is 19.9 Å². The van der Waals surface area contributed by atoms with E-state index in [0.29, 0.717) is 22.3 Å². The lowest BCUT2D eigenvalue weighted by molar-refractivity contribution is -0.418. The monoisotopic (exact) mass is 302 g/mol. The van der Waals surface area contributed by atoms with Crippen molar-refractivity contribution >= 4 is 24.6 Å². The van der Waals surface area contributed by atoms with Crippen molar-refractivity contribution < 1.29 is 4.92 Å². The van der Waals surface area contributed by atoms with Crippen molar-refractivity contribution in [2.24, 2.45) is 0 Å². The third kappa shape index (κ3) is 7.67. The van der Waals surface area contributed by atoms with Crippen molar-refractivity contribution in [2.45, 2.75) is 48.0 Å². The van der Waals surface area contributed by atoms with E-state index in [1.54, 1.807) is 38.1 Å². The number of rotatable bonds is 3. The van der Waals surface area contributed by atoms with Crippen LogP contribution in [0.15, 0.2) is 36.0 Å². The summed E-state index contributed by atoms with van der Waals surface area (Å²) in [6.07, 6.45) is 4.32. The number of hydrogen-bond donors (Lipinski definition) is 1. The summed E-state index contributed by atoms with van der Waals surface area (Å²) in [7, 11) is 5.58. The highest BCUT2D eigenvalue weighted by Crippen LogP contribution is 2.24. The number of hydrogen-bond acceptors (Lipinski definition) is 3. The Hall–Kier alpha value is -2.04. The van der Waals surface area contributed by atoms with Crippen molar-refractivity contribution in [3.63, 3.8) is 0 Å². The van der Waals surface area contributed by atoms with Crippen molar-refractivity contribution in [2.75, 3.05) is 5.73 Å². The van der Waals surface area contributed by atoms with Gasteiger partial charge in [0.25, 0.3) is 5.70 Å². The molecular formula is C17H27BN2O2. The van der Waals surface area contributed by atoms with Crippen molar-refractivity contribution in [1.29, 1.82) is 0 Å². The molecule has 4 nitrogen and oxygen atoms in total. The van der Waals surface area contributed by atoms with Gasteiger partial charge in [0.05, 0.1) is 4.92 Å². The van der Waals surface area contributed by atoms with Crippen LogP contribution in [0.1, 0.15) is 53.5 Å². The largest absolute Gasteiger partial charge is 0.398 e. The van der Waals surface area contributed by atoms with Crippen molar-refractivity contribution in [3.8, 4) is 0 Å². The Morgan fingerprint density at radius 3 is 2.23 bits per heavy atom. The topological polar surface area (TPSA) is 69.2 Å². The molecule has 0 aromatic heterocycles. The molecule has 1 aromatic carbocycles. The molecule has 0 amide bonds. The Bertz CT molecular complexity index is 523. The molecule has 0 atom stereocenters. The zero-order chi connectivity index (χ0) is 17.7. The van der Waals surface area contributed by atoms with E-state index in [9.17, 15) is 10.1 Å². The predicted octanol–water partition coefficient (Wildman–Crippen LogP) is 4.09. The minimum absolute atomic E-state index is 0.0315. The summed E-state index contributed by atoms with van der Waals surface area (Å²) in [6, 6.07) is 4.95. The van der Waals surface area contributed by atoms with Crippen LogP contribution in [0, 0.1) is 10.1 Å². The molecule has 0 aliphatic carbocycles. The predicted molar refractivity (Wildman–Crippen MR) is 98.0 cm³/mol. The Kier molecular flexibility index (Phi) is 12.8. The molecule has 0 unspecified atom stereocenters. The van der Waals surface area contributed by atoms with Gasteiger partial charge in [-0.15, -0.1) is 0 Å². The second-order valence-corrected chi connectivity index (χ2v) is 4.32. The van der Waals surface area contributed by atoms with Gasteiger partial charge >= 0.3 is 0 Å². The van der Waals surface area contributed by atoms with Gasteiger partial charge in [0, 0.05) is 22.9 Å². The maximum Gasteiger partial charge on any atom is 0.272 e. The molecule has 0 aliphatic rings. The molecule has 0 aliphatic heterocycles. The highest BCUT2D eigenvalue weighted by molar-refractivity contribution is 6.32. The molecule has 0 saturated heterocycles. The molecule has 120 valence electrons. The summed E-state index contributed by atoms with van der Waals surface area (Å²) in [5.41, 5.74) is 7.95. The number of nitrogens with two attached hydrogens (primary N) is 1. The lowest BCUT2D eigenvalue weighted by Gasteiger charge is -2.07. The molecule has 0 spiro atoms. The maximum atomic E-state index is 10.9. The van der Waals surface area contributed by atoms with Gasteiger partial charge in [-0.2, -0.15) is 0 Å². The molecule has 5 heteroatoms. The first kappa shape index (κ1) is 22.2. The fourth-order valence-corrected chi connectivity index (χ4v) is 1.54. The smallest absolute Gasteiger partial charge is 0.272 e. The third-order valence-corrected chi connectivity index (χ3v) is 2.39. The van der Waals surface area contributed by atoms with E-state index in [2.05, 4.69) is 13.8 Å². The van der Waals surface area contributed by atoms with E-state index in [1.165, 1.54) is 12.5 Å². The van der Waals surface area contributed by atoms with Crippen LogP contribution >= 0.6 is 0 Å². The fraction of sp³-hybridized carbons (Fsp3) is 0.412. The highest BCUT2D eigenvalue weighted by atomic mass is 16.6. The molecule has 0 heterocycles. The summed E-state index contributed by atoms with van der Waals surface area (Å²) in [6.45, 7) is 11.6. The standard InChI is InChI=1S/C12H13BN2O2.C3H8.C2H6/c1-3-4-12(15(16)17)8(2)10-6-5-9(13)7-11(10)14;1-3-2;1-2/h3-7H,14H2,1-2H3;3H2,1-2H3;1-2H3/b4-3+,12-8+;;. The van der Waals surface area contributed by atoms with Gasteiger partial charge in [-0.1, -0.05) is 57.8 Å². The average Bonchev–Trinajstić information content (AvgIpc) is 2.46. The van der Waals surface area contributed by atoms with E-state index in [1.807, 2.05) is 13.8 Å². The van der Waals surface area contributed by atoms with E-state index >= 15 is 0 Å². The summed E-state index contributed by atoms with van der Waals surface area (Å²) < 4.78 is 0. The van der Waals surface area contributed by atoms with E-state index in [0.717, 1.165) is 0 Å². The number of nitrogens with zero attached hydrogens (tertiary/aromatic N) is 1. The molecule has 0 saturated carbocycles. The zero-order valence-electron chi connectivity index (χ0n) is 14.5. The molecule has 0 fully saturated rings. The van der Waals surface area contributed by atoms with Crippen LogP contribution in [0.3, 0.4) is 0 Å². The Morgan fingerprint density at radius 1 is 1.36 bits per heavy atom. The average molecular weight is 302 g/mol. The van der Waals surface area contributed by atoms with E-state index in [-0.39, 0.29) is 5.70 Å². The number of nitrogen functional groups attached to an aromatic ring is 1. The van der Waals surface area contributed by atoms with Crippen LogP contribution in [0.5, 0.6) is 0 Å². The van der Waals surface area contributed by atoms with Gasteiger partial charge in [0.1, 0.15) is 7.85 Å². The van der Waals surface area contributed by atoms with Crippen LogP contribution in [0.4, 0.5) is 5.69 Å². The second kappa shape index (κ2) is 12.7. The molecule has 0 bridgehead atoms. The molecule has 2 N–H and O–H groups in total. The lowest BCUT2D eigenvalue weighted by Crippen LogP contribution is -2.07. The van der Waals surface area contributed by atoms with Gasteiger partial charge in [0.15, 0.2) is 0 Å². The van der Waals surface area contributed by atoms with Crippen molar-refractivity contribution in [3.05, 3.63) is 51.7 Å². The molecule has 1 rings (SSSR count). The van der Waals surface area contributed by atoms with E-state index < -0.39 is 4.92 Å². The molecular weight excluding hydrogens is 275 g/mol. The Labute approximate surface area is 135 Å². The third-order valence-electron chi connectivity index (χ3n) is 2.39. The van der Waals surface area contributed by atoms with Crippen LogP contribution in [0.2, 0.25) is 0 Å². The Morgan fingerprint density at radius 2 is 1.86 bits per heavy atom. The Balaban J connectivity index is 0. The number of benzene rings is 1. The number of anilines is 1. The number of allylic oxidation sites excluding steroid dienone is 3. The maximum absolute atomic E-state index is 10.9. The SMILES string of the molecule is CC.CCC.[B]c1ccc(/C(C)=C(\C=C\C)[N+](=O)[O-])c(N)c1. The summed E-state index contributed by atoms with van der Waals surface area (Å²) in [5.74, 6) is 0. The summed E-state index contributed by atoms with van der Waals surface area (Å²) in [4.78, 5) is 10.5. The lowest BCUT2D eigenvalue weighted by atomic mass is 9.92. The first-order chi connectivity index (χ1) is 10.4. The van der Waals surface area contributed by atoms with Gasteiger partial charge in [0.2, 0.25) is 0 Å². The van der Waals surface area contributed by atoms with Crippen molar-refractivity contribution in [1.82, 2.24) is 0 Å². The quantitative estimate of drug-likeness (QED) is 0.300. The van der Waals surface area contributed by atoms with E-state index in [4.69, 9.17) is 13.6 Å². The van der Waals surface area contributed by atoms with Gasteiger partial charge in [-0.25, -0.2) is 0 Å². The second-order valence-electron chi connectivity index (χ2n) is 4.32. The van der Waals surface area contributed by atoms with Crippen LogP contribution in [0.25, 0.3) is 5.57 Å². The van der Waals surface area contributed by atoms with Crippen LogP contribution in [-0.2, 0) is 0 Å². The first-order valence-electron chi connectivity index (χ1n) is 7.52. The molecule has 22 heavy (non-hydrogen) atoms. The van der Waals surface area contributed by atoms with Crippen LogP contribution < -0.4 is 11.2 Å². The highest BCUT2D eigenvalue weighted by Gasteiger charge is 2.14. The molecule has 2 radical (unpaired) electrons.